The summed E-state index contributed by atoms with van der Waals surface area (Å²) in [6.45, 7) is 4.27. The van der Waals surface area contributed by atoms with Gasteiger partial charge in [-0.3, -0.25) is 9.59 Å². The second-order valence-electron chi connectivity index (χ2n) is 5.94. The lowest BCUT2D eigenvalue weighted by Gasteiger charge is -2.05. The van der Waals surface area contributed by atoms with Gasteiger partial charge in [0, 0.05) is 0 Å². The van der Waals surface area contributed by atoms with E-state index in [2.05, 4.69) is 0 Å². The highest BCUT2D eigenvalue weighted by molar-refractivity contribution is 5.78. The van der Waals surface area contributed by atoms with E-state index in [1.165, 1.54) is 0 Å². The Labute approximate surface area is 124 Å². The number of esters is 1. The molecule has 1 aliphatic carbocycles. The van der Waals surface area contributed by atoms with E-state index in [-0.39, 0.29) is 36.2 Å². The van der Waals surface area contributed by atoms with Crippen LogP contribution in [0.5, 0.6) is 0 Å². The zero-order valence-corrected chi connectivity index (χ0v) is 12.3. The fourth-order valence-corrected chi connectivity index (χ4v) is 2.62. The van der Waals surface area contributed by atoms with Gasteiger partial charge in [-0.25, -0.2) is 0 Å². The number of hydrogen-bond donors (Lipinski definition) is 1. The number of carboxylic acid groups (broad SMARTS) is 1. The van der Waals surface area contributed by atoms with Crippen molar-refractivity contribution >= 4 is 11.9 Å². The van der Waals surface area contributed by atoms with Crippen LogP contribution in [0.1, 0.15) is 25.8 Å². The third-order valence-corrected chi connectivity index (χ3v) is 4.02. The fourth-order valence-electron chi connectivity index (χ4n) is 2.62. The van der Waals surface area contributed by atoms with Gasteiger partial charge in [0.15, 0.2) is 0 Å². The molecule has 0 aliphatic heterocycles. The summed E-state index contributed by atoms with van der Waals surface area (Å²) in [6.07, 6.45) is 3.42. The molecule has 0 aromatic heterocycles. The number of carboxylic acids is 1. The molecule has 1 aliphatic rings. The van der Waals surface area contributed by atoms with Gasteiger partial charge in [-0.1, -0.05) is 56.3 Å². The number of allylic oxidation sites excluding steroid dienone is 1. The Morgan fingerprint density at radius 3 is 2.57 bits per heavy atom. The van der Waals surface area contributed by atoms with Crippen LogP contribution >= 0.6 is 0 Å². The molecule has 1 aromatic rings. The third kappa shape index (κ3) is 3.72. The standard InChI is InChI=1S/C17H20O4/c1-17(2)13(9-6-10-14(18)19)15(17)16(20)21-11-12-7-4-3-5-8-12/h3-9,13,15H,10-11H2,1-2H3,(H,18,19). The average Bonchev–Trinajstić information content (AvgIpc) is 2.98. The SMILES string of the molecule is CC1(C)C(C=CCC(=O)O)C1C(=O)OCc1ccccc1. The molecule has 0 bridgehead atoms. The van der Waals surface area contributed by atoms with Crippen LogP contribution in [-0.4, -0.2) is 17.0 Å². The molecule has 2 unspecified atom stereocenters. The summed E-state index contributed by atoms with van der Waals surface area (Å²) in [5.41, 5.74) is 0.797. The smallest absolute Gasteiger partial charge is 0.310 e. The number of benzene rings is 1. The molecule has 4 heteroatoms. The summed E-state index contributed by atoms with van der Waals surface area (Å²) in [5, 5.41) is 8.62. The lowest BCUT2D eigenvalue weighted by molar-refractivity contribution is -0.147. The third-order valence-electron chi connectivity index (χ3n) is 4.02. The van der Waals surface area contributed by atoms with Gasteiger partial charge in [-0.15, -0.1) is 0 Å². The Morgan fingerprint density at radius 1 is 1.29 bits per heavy atom. The minimum absolute atomic E-state index is 0.0155. The summed E-state index contributed by atoms with van der Waals surface area (Å²) in [4.78, 5) is 22.6. The highest BCUT2D eigenvalue weighted by Crippen LogP contribution is 2.59. The van der Waals surface area contributed by atoms with E-state index < -0.39 is 5.97 Å². The Kier molecular flexibility index (Phi) is 4.46. The molecule has 4 nitrogen and oxygen atoms in total. The van der Waals surface area contributed by atoms with Crippen LogP contribution in [0.3, 0.4) is 0 Å². The van der Waals surface area contributed by atoms with Gasteiger partial charge in [0.05, 0.1) is 12.3 Å². The normalized spacial score (nSPS) is 23.0. The first-order valence-corrected chi connectivity index (χ1v) is 7.02. The first kappa shape index (κ1) is 15.3. The van der Waals surface area contributed by atoms with Crippen molar-refractivity contribution in [1.29, 1.82) is 0 Å². The minimum Gasteiger partial charge on any atom is -0.481 e. The van der Waals surface area contributed by atoms with E-state index >= 15 is 0 Å². The molecular formula is C17H20O4. The topological polar surface area (TPSA) is 63.6 Å². The predicted octanol–water partition coefficient (Wildman–Crippen LogP) is 3.03. The van der Waals surface area contributed by atoms with Crippen molar-refractivity contribution in [3.05, 3.63) is 48.0 Å². The fraction of sp³-hybridized carbons (Fsp3) is 0.412. The lowest BCUT2D eigenvalue weighted by Crippen LogP contribution is -2.10. The molecule has 2 rings (SSSR count). The Morgan fingerprint density at radius 2 is 1.95 bits per heavy atom. The predicted molar refractivity (Wildman–Crippen MR) is 78.4 cm³/mol. The zero-order valence-electron chi connectivity index (χ0n) is 12.3. The van der Waals surface area contributed by atoms with Crippen molar-refractivity contribution < 1.29 is 19.4 Å². The van der Waals surface area contributed by atoms with Crippen molar-refractivity contribution in [2.24, 2.45) is 17.3 Å². The summed E-state index contributed by atoms with van der Waals surface area (Å²) in [5.74, 6) is -1.21. The minimum atomic E-state index is -0.868. The first-order chi connectivity index (χ1) is 9.93. The molecule has 112 valence electrons. The van der Waals surface area contributed by atoms with Crippen molar-refractivity contribution in [3.63, 3.8) is 0 Å². The molecule has 2 atom stereocenters. The average molecular weight is 288 g/mol. The van der Waals surface area contributed by atoms with Gasteiger partial charge in [0.1, 0.15) is 6.61 Å². The number of carbonyl (C=O) groups is 2. The Bertz CT molecular complexity index is 545. The number of carbonyl (C=O) groups excluding carboxylic acids is 1. The van der Waals surface area contributed by atoms with Gasteiger partial charge < -0.3 is 9.84 Å². The number of rotatable bonds is 6. The van der Waals surface area contributed by atoms with Crippen molar-refractivity contribution in [2.75, 3.05) is 0 Å². The molecule has 0 amide bonds. The number of ether oxygens (including phenoxy) is 1. The van der Waals surface area contributed by atoms with Crippen molar-refractivity contribution in [1.82, 2.24) is 0 Å². The van der Waals surface area contributed by atoms with Gasteiger partial charge in [0.25, 0.3) is 0 Å². The summed E-state index contributed by atoms with van der Waals surface area (Å²) >= 11 is 0. The van der Waals surface area contributed by atoms with Crippen LogP contribution in [-0.2, 0) is 20.9 Å². The summed E-state index contributed by atoms with van der Waals surface area (Å²) in [7, 11) is 0. The van der Waals surface area contributed by atoms with Gasteiger partial charge >= 0.3 is 11.9 Å². The van der Waals surface area contributed by atoms with Gasteiger partial charge in [0.2, 0.25) is 0 Å². The largest absolute Gasteiger partial charge is 0.481 e. The van der Waals surface area contributed by atoms with E-state index in [1.807, 2.05) is 50.3 Å². The van der Waals surface area contributed by atoms with Crippen LogP contribution in [0.25, 0.3) is 0 Å². The lowest BCUT2D eigenvalue weighted by atomic mass is 10.1. The van der Waals surface area contributed by atoms with Gasteiger partial charge in [-0.2, -0.15) is 0 Å². The van der Waals surface area contributed by atoms with Gasteiger partial charge in [-0.05, 0) is 16.9 Å². The molecule has 1 saturated carbocycles. The molecule has 0 saturated heterocycles. The van der Waals surface area contributed by atoms with Crippen LogP contribution in [0.15, 0.2) is 42.5 Å². The van der Waals surface area contributed by atoms with Crippen molar-refractivity contribution in [3.8, 4) is 0 Å². The maximum absolute atomic E-state index is 12.1. The van der Waals surface area contributed by atoms with E-state index in [0.717, 1.165) is 5.56 Å². The van der Waals surface area contributed by atoms with E-state index in [4.69, 9.17) is 9.84 Å². The number of aliphatic carboxylic acids is 1. The Balaban J connectivity index is 1.88. The summed E-state index contributed by atoms with van der Waals surface area (Å²) < 4.78 is 5.36. The molecule has 1 fully saturated rings. The highest BCUT2D eigenvalue weighted by Gasteiger charge is 2.61. The van der Waals surface area contributed by atoms with Crippen LogP contribution < -0.4 is 0 Å². The van der Waals surface area contributed by atoms with Crippen LogP contribution in [0, 0.1) is 17.3 Å². The molecule has 0 heterocycles. The molecule has 0 spiro atoms. The van der Waals surface area contributed by atoms with Crippen LogP contribution in [0.2, 0.25) is 0 Å². The molecule has 1 N–H and O–H groups in total. The monoisotopic (exact) mass is 288 g/mol. The zero-order chi connectivity index (χ0) is 15.5. The maximum atomic E-state index is 12.1. The van der Waals surface area contributed by atoms with E-state index in [1.54, 1.807) is 6.08 Å². The second kappa shape index (κ2) is 6.12. The molecule has 0 radical (unpaired) electrons. The first-order valence-electron chi connectivity index (χ1n) is 7.02. The quantitative estimate of drug-likeness (QED) is 0.645. The van der Waals surface area contributed by atoms with Crippen LogP contribution in [0.4, 0.5) is 0 Å². The Hall–Kier alpha value is -2.10. The molecular weight excluding hydrogens is 268 g/mol. The summed E-state index contributed by atoms with van der Waals surface area (Å²) in [6, 6.07) is 9.55. The molecule has 1 aromatic carbocycles. The van der Waals surface area contributed by atoms with E-state index in [0.29, 0.717) is 0 Å². The van der Waals surface area contributed by atoms with E-state index in [9.17, 15) is 9.59 Å². The van der Waals surface area contributed by atoms with Crippen molar-refractivity contribution in [2.45, 2.75) is 26.9 Å². The number of hydrogen-bond acceptors (Lipinski definition) is 3. The molecule has 21 heavy (non-hydrogen) atoms. The highest BCUT2D eigenvalue weighted by atomic mass is 16.5. The maximum Gasteiger partial charge on any atom is 0.310 e. The second-order valence-corrected chi connectivity index (χ2v) is 5.94.